The molecule has 0 amide bonds. The van der Waals surface area contributed by atoms with Gasteiger partial charge in [0.1, 0.15) is 18.4 Å². The standard InChI is InChI=1S/C16H21NO5/c17-14(10-13(18)8-4-5-9-15(19)20)16(21)22-11-12-6-2-1-3-7-12/h1-3,6-7,14H,4-5,8-11,17H2,(H,19,20)/p-1/t14-/m0/s1. The molecule has 1 atom stereocenters. The van der Waals surface area contributed by atoms with Crippen molar-refractivity contribution in [1.82, 2.24) is 0 Å². The number of ether oxygens (including phenoxy) is 1. The Balaban J connectivity index is 2.22. The summed E-state index contributed by atoms with van der Waals surface area (Å²) in [5.41, 5.74) is 6.48. The normalized spacial score (nSPS) is 11.7. The number of unbranched alkanes of at least 4 members (excludes halogenated alkanes) is 1. The van der Waals surface area contributed by atoms with Gasteiger partial charge in [0.25, 0.3) is 0 Å². The molecule has 0 heterocycles. The zero-order valence-corrected chi connectivity index (χ0v) is 12.3. The fraction of sp³-hybridized carbons (Fsp3) is 0.438. The fourth-order valence-electron chi connectivity index (χ4n) is 1.86. The summed E-state index contributed by atoms with van der Waals surface area (Å²) in [7, 11) is 0. The first-order valence-electron chi connectivity index (χ1n) is 7.16. The van der Waals surface area contributed by atoms with Crippen molar-refractivity contribution in [3.63, 3.8) is 0 Å². The molecule has 0 unspecified atom stereocenters. The number of carbonyl (C=O) groups excluding carboxylic acids is 3. The van der Waals surface area contributed by atoms with Crippen LogP contribution in [0.3, 0.4) is 0 Å². The van der Waals surface area contributed by atoms with Gasteiger partial charge >= 0.3 is 5.97 Å². The van der Waals surface area contributed by atoms with E-state index in [1.165, 1.54) is 0 Å². The first-order chi connectivity index (χ1) is 10.5. The third-order valence-corrected chi connectivity index (χ3v) is 3.06. The van der Waals surface area contributed by atoms with E-state index < -0.39 is 18.0 Å². The van der Waals surface area contributed by atoms with Crippen LogP contribution in [0.1, 0.15) is 37.7 Å². The molecule has 0 saturated carbocycles. The van der Waals surface area contributed by atoms with E-state index in [1.54, 1.807) is 0 Å². The molecule has 0 radical (unpaired) electrons. The molecule has 1 rings (SSSR count). The monoisotopic (exact) mass is 306 g/mol. The zero-order chi connectivity index (χ0) is 16.4. The van der Waals surface area contributed by atoms with Gasteiger partial charge in [-0.25, -0.2) is 0 Å². The zero-order valence-electron chi connectivity index (χ0n) is 12.3. The van der Waals surface area contributed by atoms with E-state index >= 15 is 0 Å². The second-order valence-electron chi connectivity index (χ2n) is 5.02. The van der Waals surface area contributed by atoms with Gasteiger partial charge in [0.05, 0.1) is 0 Å². The van der Waals surface area contributed by atoms with Crippen molar-refractivity contribution in [2.75, 3.05) is 0 Å². The van der Waals surface area contributed by atoms with Gasteiger partial charge in [0, 0.05) is 18.8 Å². The van der Waals surface area contributed by atoms with Crippen molar-refractivity contribution in [3.8, 4) is 0 Å². The predicted octanol–water partition coefficient (Wildman–Crippen LogP) is 0.327. The lowest BCUT2D eigenvalue weighted by atomic mass is 10.1. The minimum atomic E-state index is -1.13. The van der Waals surface area contributed by atoms with Crippen molar-refractivity contribution in [2.45, 2.75) is 44.8 Å². The SMILES string of the molecule is N[C@@H](CC(=O)CCCCC(=O)[O-])C(=O)OCc1ccccc1. The number of Topliss-reactive ketones (excluding diaryl/α,β-unsaturated/α-hetero) is 1. The molecule has 1 aromatic rings. The Morgan fingerprint density at radius 1 is 1.09 bits per heavy atom. The van der Waals surface area contributed by atoms with Gasteiger partial charge in [-0.1, -0.05) is 30.3 Å². The van der Waals surface area contributed by atoms with Crippen molar-refractivity contribution in [2.24, 2.45) is 5.73 Å². The molecule has 6 nitrogen and oxygen atoms in total. The average Bonchev–Trinajstić information content (AvgIpc) is 2.50. The molecule has 22 heavy (non-hydrogen) atoms. The number of esters is 1. The second kappa shape index (κ2) is 9.68. The number of carbonyl (C=O) groups is 3. The molecule has 0 fully saturated rings. The van der Waals surface area contributed by atoms with Crippen molar-refractivity contribution in [1.29, 1.82) is 0 Å². The second-order valence-corrected chi connectivity index (χ2v) is 5.02. The van der Waals surface area contributed by atoms with E-state index in [9.17, 15) is 19.5 Å². The van der Waals surface area contributed by atoms with Crippen LogP contribution in [0.25, 0.3) is 0 Å². The number of nitrogens with two attached hydrogens (primary N) is 1. The lowest BCUT2D eigenvalue weighted by Crippen LogP contribution is -2.34. The van der Waals surface area contributed by atoms with Crippen LogP contribution in [0.4, 0.5) is 0 Å². The van der Waals surface area contributed by atoms with E-state index in [-0.39, 0.29) is 31.7 Å². The molecule has 0 aromatic heterocycles. The summed E-state index contributed by atoms with van der Waals surface area (Å²) in [6.07, 6.45) is 0.852. The van der Waals surface area contributed by atoms with Crippen LogP contribution in [0.5, 0.6) is 0 Å². The molecular formula is C16H20NO5-. The molecule has 0 aliphatic rings. The molecule has 0 saturated heterocycles. The van der Waals surface area contributed by atoms with Crippen molar-refractivity contribution >= 4 is 17.7 Å². The van der Waals surface area contributed by atoms with E-state index in [0.717, 1.165) is 5.56 Å². The van der Waals surface area contributed by atoms with Crippen molar-refractivity contribution in [3.05, 3.63) is 35.9 Å². The van der Waals surface area contributed by atoms with Crippen LogP contribution < -0.4 is 10.8 Å². The largest absolute Gasteiger partial charge is 0.550 e. The minimum absolute atomic E-state index is 0.0710. The molecule has 0 aliphatic carbocycles. The number of carboxylic acids is 1. The van der Waals surface area contributed by atoms with Crippen LogP contribution in [0.15, 0.2) is 30.3 Å². The van der Waals surface area contributed by atoms with Crippen LogP contribution in [-0.2, 0) is 25.7 Å². The third kappa shape index (κ3) is 7.54. The Bertz CT molecular complexity index is 501. The summed E-state index contributed by atoms with van der Waals surface area (Å²) < 4.78 is 5.05. The van der Waals surface area contributed by atoms with Gasteiger partial charge in [0.2, 0.25) is 0 Å². The number of aliphatic carboxylic acids is 1. The number of carboxylic acid groups (broad SMARTS) is 1. The Labute approximate surface area is 129 Å². The fourth-order valence-corrected chi connectivity index (χ4v) is 1.86. The number of benzene rings is 1. The summed E-state index contributed by atoms with van der Waals surface area (Å²) in [4.78, 5) is 33.5. The average molecular weight is 306 g/mol. The van der Waals surface area contributed by atoms with E-state index in [2.05, 4.69) is 0 Å². The van der Waals surface area contributed by atoms with Crippen LogP contribution in [0, 0.1) is 0 Å². The Morgan fingerprint density at radius 3 is 2.36 bits per heavy atom. The molecule has 120 valence electrons. The molecular weight excluding hydrogens is 286 g/mol. The van der Waals surface area contributed by atoms with Crippen LogP contribution >= 0.6 is 0 Å². The number of ketones is 1. The number of hydrogen-bond acceptors (Lipinski definition) is 6. The molecule has 0 spiro atoms. The highest BCUT2D eigenvalue weighted by Gasteiger charge is 2.18. The lowest BCUT2D eigenvalue weighted by Gasteiger charge is -2.11. The molecule has 2 N–H and O–H groups in total. The third-order valence-electron chi connectivity index (χ3n) is 3.06. The minimum Gasteiger partial charge on any atom is -0.550 e. The smallest absolute Gasteiger partial charge is 0.323 e. The van der Waals surface area contributed by atoms with Gasteiger partial charge in [0.15, 0.2) is 0 Å². The summed E-state index contributed by atoms with van der Waals surface area (Å²) >= 11 is 0. The lowest BCUT2D eigenvalue weighted by molar-refractivity contribution is -0.305. The maximum atomic E-state index is 11.7. The summed E-state index contributed by atoms with van der Waals surface area (Å²) in [6, 6.07) is 8.18. The maximum absolute atomic E-state index is 11.7. The van der Waals surface area contributed by atoms with Crippen LogP contribution in [0.2, 0.25) is 0 Å². The highest BCUT2D eigenvalue weighted by molar-refractivity contribution is 5.86. The summed E-state index contributed by atoms with van der Waals surface area (Å²) in [5.74, 6) is -1.93. The van der Waals surface area contributed by atoms with Crippen LogP contribution in [-0.4, -0.2) is 23.8 Å². The van der Waals surface area contributed by atoms with Gasteiger partial charge in [-0.2, -0.15) is 0 Å². The van der Waals surface area contributed by atoms with E-state index in [0.29, 0.717) is 12.8 Å². The van der Waals surface area contributed by atoms with Gasteiger partial charge in [-0.3, -0.25) is 9.59 Å². The maximum Gasteiger partial charge on any atom is 0.323 e. The molecule has 1 aromatic carbocycles. The first-order valence-corrected chi connectivity index (χ1v) is 7.16. The van der Waals surface area contributed by atoms with Gasteiger partial charge in [-0.05, 0) is 24.8 Å². The molecule has 6 heteroatoms. The Hall–Kier alpha value is -2.21. The number of hydrogen-bond donors (Lipinski definition) is 1. The topological polar surface area (TPSA) is 110 Å². The van der Waals surface area contributed by atoms with E-state index in [4.69, 9.17) is 10.5 Å². The van der Waals surface area contributed by atoms with Gasteiger partial charge < -0.3 is 20.4 Å². The van der Waals surface area contributed by atoms with Crippen molar-refractivity contribution < 1.29 is 24.2 Å². The molecule has 0 aliphatic heterocycles. The highest BCUT2D eigenvalue weighted by atomic mass is 16.5. The highest BCUT2D eigenvalue weighted by Crippen LogP contribution is 2.06. The quantitative estimate of drug-likeness (QED) is 0.492. The first kappa shape index (κ1) is 17.8. The van der Waals surface area contributed by atoms with Gasteiger partial charge in [-0.15, -0.1) is 0 Å². The van der Waals surface area contributed by atoms with E-state index in [1.807, 2.05) is 30.3 Å². The molecule has 0 bridgehead atoms. The summed E-state index contributed by atoms with van der Waals surface area (Å²) in [6.45, 7) is 0.118. The Morgan fingerprint density at radius 2 is 1.73 bits per heavy atom. The summed E-state index contributed by atoms with van der Waals surface area (Å²) in [5, 5.41) is 10.2. The number of rotatable bonds is 10. The predicted molar refractivity (Wildman–Crippen MR) is 77.3 cm³/mol. The Kier molecular flexibility index (Phi) is 7.85.